The van der Waals surface area contributed by atoms with Crippen molar-refractivity contribution in [3.63, 3.8) is 0 Å². The van der Waals surface area contributed by atoms with E-state index in [-0.39, 0.29) is 36.4 Å². The maximum absolute atomic E-state index is 15.3. The Labute approximate surface area is 237 Å². The first-order valence-electron chi connectivity index (χ1n) is 12.7. The SMILES string of the molecule is C[C@@]1(F)CNC[C@@H](Nc2nccc(-c3cccnc3Oc3ccc(C(NS(=O)O)c4ccccc4)c(F)c3F)n2)C1. The fourth-order valence-electron chi connectivity index (χ4n) is 4.71. The molecule has 9 nitrogen and oxygen atoms in total. The lowest BCUT2D eigenvalue weighted by molar-refractivity contribution is 0.137. The molecule has 0 amide bonds. The highest BCUT2D eigenvalue weighted by atomic mass is 32.2. The van der Waals surface area contributed by atoms with E-state index in [9.17, 15) is 13.2 Å². The lowest BCUT2D eigenvalue weighted by atomic mass is 9.95. The fraction of sp³-hybridized carbons (Fsp3) is 0.250. The highest BCUT2D eigenvalue weighted by Crippen LogP contribution is 2.35. The molecule has 1 fully saturated rings. The Balaban J connectivity index is 1.41. The summed E-state index contributed by atoms with van der Waals surface area (Å²) in [7, 11) is 0. The van der Waals surface area contributed by atoms with Gasteiger partial charge in [-0.2, -0.15) is 4.39 Å². The number of rotatable bonds is 9. The van der Waals surface area contributed by atoms with Gasteiger partial charge in [-0.15, -0.1) is 0 Å². The highest BCUT2D eigenvalue weighted by molar-refractivity contribution is 7.77. The molecule has 41 heavy (non-hydrogen) atoms. The number of piperidine rings is 1. The highest BCUT2D eigenvalue weighted by Gasteiger charge is 2.32. The van der Waals surface area contributed by atoms with Crippen LogP contribution in [0.25, 0.3) is 11.3 Å². The maximum Gasteiger partial charge on any atom is 0.232 e. The molecule has 2 aromatic carbocycles. The zero-order valence-corrected chi connectivity index (χ0v) is 22.7. The molecule has 0 spiro atoms. The van der Waals surface area contributed by atoms with Crippen molar-refractivity contribution in [1.29, 1.82) is 0 Å². The van der Waals surface area contributed by atoms with Crippen molar-refractivity contribution >= 4 is 17.2 Å². The molecule has 1 aliphatic heterocycles. The summed E-state index contributed by atoms with van der Waals surface area (Å²) in [6, 6.07) is 14.4. The number of alkyl halides is 1. The summed E-state index contributed by atoms with van der Waals surface area (Å²) in [4.78, 5) is 12.9. The van der Waals surface area contributed by atoms with Crippen LogP contribution in [0.15, 0.2) is 73.1 Å². The number of anilines is 1. The third-order valence-electron chi connectivity index (χ3n) is 6.54. The smallest absolute Gasteiger partial charge is 0.232 e. The van der Waals surface area contributed by atoms with Gasteiger partial charge in [0, 0.05) is 43.5 Å². The number of pyridine rings is 1. The molecule has 0 bridgehead atoms. The molecule has 3 heterocycles. The van der Waals surface area contributed by atoms with Crippen LogP contribution in [-0.2, 0) is 11.3 Å². The monoisotopic (exact) mass is 584 g/mol. The van der Waals surface area contributed by atoms with E-state index >= 15 is 8.78 Å². The van der Waals surface area contributed by atoms with Crippen molar-refractivity contribution in [2.24, 2.45) is 0 Å². The van der Waals surface area contributed by atoms with Crippen molar-refractivity contribution in [1.82, 2.24) is 25.0 Å². The average molecular weight is 585 g/mol. The minimum Gasteiger partial charge on any atom is -0.435 e. The van der Waals surface area contributed by atoms with E-state index in [1.54, 1.807) is 48.5 Å². The van der Waals surface area contributed by atoms with Crippen LogP contribution >= 0.6 is 0 Å². The Kier molecular flexibility index (Phi) is 8.59. The molecular formula is C28H27F3N6O3S. The molecule has 0 aliphatic carbocycles. The van der Waals surface area contributed by atoms with E-state index in [0.29, 0.717) is 23.4 Å². The van der Waals surface area contributed by atoms with Gasteiger partial charge in [0.25, 0.3) is 0 Å². The van der Waals surface area contributed by atoms with Crippen LogP contribution in [0.1, 0.15) is 30.5 Å². The molecule has 4 N–H and O–H groups in total. The molecule has 4 aromatic rings. The Morgan fingerprint density at radius 2 is 1.88 bits per heavy atom. The quantitative estimate of drug-likeness (QED) is 0.205. The maximum atomic E-state index is 15.3. The lowest BCUT2D eigenvalue weighted by Gasteiger charge is -2.33. The van der Waals surface area contributed by atoms with Crippen LogP contribution < -0.4 is 20.1 Å². The fourth-order valence-corrected chi connectivity index (χ4v) is 5.17. The summed E-state index contributed by atoms with van der Waals surface area (Å²) in [6.45, 7) is 2.35. The van der Waals surface area contributed by atoms with E-state index < -0.39 is 40.4 Å². The summed E-state index contributed by atoms with van der Waals surface area (Å²) >= 11 is -2.50. The van der Waals surface area contributed by atoms with E-state index in [1.165, 1.54) is 31.5 Å². The summed E-state index contributed by atoms with van der Waals surface area (Å²) in [5, 5.41) is 6.18. The van der Waals surface area contributed by atoms with Crippen molar-refractivity contribution in [3.8, 4) is 22.9 Å². The molecule has 13 heteroatoms. The van der Waals surface area contributed by atoms with Crippen molar-refractivity contribution in [2.75, 3.05) is 18.4 Å². The van der Waals surface area contributed by atoms with Crippen LogP contribution in [0.4, 0.5) is 19.1 Å². The first kappa shape index (κ1) is 28.6. The zero-order chi connectivity index (χ0) is 29.0. The van der Waals surface area contributed by atoms with Gasteiger partial charge in [-0.1, -0.05) is 36.4 Å². The summed E-state index contributed by atoms with van der Waals surface area (Å²) < 4.78 is 74.1. The molecule has 214 valence electrons. The molecule has 1 saturated heterocycles. The molecule has 4 atom stereocenters. The molecule has 2 unspecified atom stereocenters. The molecule has 0 radical (unpaired) electrons. The van der Waals surface area contributed by atoms with Gasteiger partial charge in [-0.25, -0.2) is 32.7 Å². The molecule has 0 saturated carbocycles. The third kappa shape index (κ3) is 6.88. The molecule has 1 aliphatic rings. The van der Waals surface area contributed by atoms with Gasteiger partial charge in [-0.05, 0) is 36.8 Å². The Bertz CT molecular complexity index is 1550. The second-order valence-corrected chi connectivity index (χ2v) is 10.5. The molecule has 2 aromatic heterocycles. The van der Waals surface area contributed by atoms with Crippen LogP contribution in [-0.4, -0.2) is 48.5 Å². The van der Waals surface area contributed by atoms with E-state index in [0.717, 1.165) is 0 Å². The Hall–Kier alpha value is -3.91. The minimum atomic E-state index is -2.50. The predicted molar refractivity (Wildman–Crippen MR) is 148 cm³/mol. The number of halogens is 3. The number of nitrogens with one attached hydrogen (secondary N) is 3. The van der Waals surface area contributed by atoms with Gasteiger partial charge in [0.05, 0.1) is 17.3 Å². The number of aromatic nitrogens is 3. The van der Waals surface area contributed by atoms with Crippen molar-refractivity contribution in [3.05, 3.63) is 95.8 Å². The van der Waals surface area contributed by atoms with Crippen LogP contribution in [0.5, 0.6) is 11.6 Å². The zero-order valence-electron chi connectivity index (χ0n) is 21.9. The van der Waals surface area contributed by atoms with Crippen LogP contribution in [0, 0.1) is 11.6 Å². The molecular weight excluding hydrogens is 557 g/mol. The van der Waals surface area contributed by atoms with Gasteiger partial charge in [0.2, 0.25) is 28.9 Å². The topological polar surface area (TPSA) is 121 Å². The van der Waals surface area contributed by atoms with Crippen molar-refractivity contribution in [2.45, 2.75) is 31.1 Å². The summed E-state index contributed by atoms with van der Waals surface area (Å²) in [5.74, 6) is -2.75. The third-order valence-corrected chi connectivity index (χ3v) is 6.98. The number of nitrogens with zero attached hydrogens (tertiary/aromatic N) is 3. The second kappa shape index (κ2) is 12.3. The second-order valence-electron chi connectivity index (χ2n) is 9.80. The van der Waals surface area contributed by atoms with E-state index in [1.807, 2.05) is 0 Å². The normalized spacial score (nSPS) is 20.3. The molecule has 5 rings (SSSR count). The van der Waals surface area contributed by atoms with E-state index in [4.69, 9.17) is 4.74 Å². The average Bonchev–Trinajstić information content (AvgIpc) is 2.95. The van der Waals surface area contributed by atoms with E-state index in [2.05, 4.69) is 30.3 Å². The summed E-state index contributed by atoms with van der Waals surface area (Å²) in [5.41, 5.74) is -0.300. The lowest BCUT2D eigenvalue weighted by Crippen LogP contribution is -2.50. The van der Waals surface area contributed by atoms with Gasteiger partial charge < -0.3 is 15.4 Å². The minimum absolute atomic E-state index is 0.0342. The summed E-state index contributed by atoms with van der Waals surface area (Å²) in [6.07, 6.45) is 3.23. The standard InChI is InChI=1S/C28H27F3N6O3S/c1-28(31)14-18(15-32-16-28)35-27-34-13-11-21(36-27)19-8-5-12-33-26(19)40-22-10-9-20(23(29)24(22)30)25(37-41(38)39)17-6-3-2-4-7-17/h2-13,18,25,32,37H,14-16H2,1H3,(H,38,39)(H,34,35,36)/t18-,25?,28-/m0/s1. The Morgan fingerprint density at radius 1 is 1.07 bits per heavy atom. The number of hydrogen-bond donors (Lipinski definition) is 4. The van der Waals surface area contributed by atoms with Crippen LogP contribution in [0.3, 0.4) is 0 Å². The largest absolute Gasteiger partial charge is 0.435 e. The first-order chi connectivity index (χ1) is 19.7. The number of ether oxygens (including phenoxy) is 1. The van der Waals surface area contributed by atoms with Gasteiger partial charge in [0.15, 0.2) is 11.6 Å². The van der Waals surface area contributed by atoms with Crippen molar-refractivity contribution < 1.29 is 26.7 Å². The number of hydrogen-bond acceptors (Lipinski definition) is 7. The van der Waals surface area contributed by atoms with Gasteiger partial charge in [-0.3, -0.25) is 4.55 Å². The van der Waals surface area contributed by atoms with Crippen LogP contribution in [0.2, 0.25) is 0 Å². The number of benzene rings is 2. The first-order valence-corrected chi connectivity index (χ1v) is 13.8. The predicted octanol–water partition coefficient (Wildman–Crippen LogP) is 4.93. The Morgan fingerprint density at radius 3 is 2.63 bits per heavy atom. The van der Waals surface area contributed by atoms with Gasteiger partial charge in [0.1, 0.15) is 5.67 Å². The van der Waals surface area contributed by atoms with Gasteiger partial charge >= 0.3 is 0 Å².